The second-order valence-electron chi connectivity index (χ2n) is 4.62. The molecule has 0 unspecified atom stereocenters. The molecule has 3 nitrogen and oxygen atoms in total. The Labute approximate surface area is 106 Å². The molecule has 18 heavy (non-hydrogen) atoms. The Morgan fingerprint density at radius 1 is 1.28 bits per heavy atom. The van der Waals surface area contributed by atoms with Crippen molar-refractivity contribution in [2.24, 2.45) is 0 Å². The van der Waals surface area contributed by atoms with Gasteiger partial charge in [-0.25, -0.2) is 0 Å². The van der Waals surface area contributed by atoms with E-state index in [0.29, 0.717) is 0 Å². The fourth-order valence-corrected chi connectivity index (χ4v) is 2.34. The average Bonchev–Trinajstić information content (AvgIpc) is 2.76. The first kappa shape index (κ1) is 11.2. The summed E-state index contributed by atoms with van der Waals surface area (Å²) in [6.07, 6.45) is 3.02. The summed E-state index contributed by atoms with van der Waals surface area (Å²) in [6.45, 7) is 1.94. The zero-order valence-corrected chi connectivity index (χ0v) is 10.3. The van der Waals surface area contributed by atoms with Gasteiger partial charge >= 0.3 is 0 Å². The van der Waals surface area contributed by atoms with Crippen molar-refractivity contribution in [2.45, 2.75) is 25.9 Å². The molecule has 92 valence electrons. The number of hydrogen-bond donors (Lipinski definition) is 1. The number of aromatic nitrogens is 1. The number of fused-ring (bicyclic) bond motifs is 1. The van der Waals surface area contributed by atoms with Crippen LogP contribution < -0.4 is 4.74 Å². The molecule has 3 heteroatoms. The molecule has 1 heterocycles. The van der Waals surface area contributed by atoms with Crippen LogP contribution in [-0.2, 0) is 6.42 Å². The van der Waals surface area contributed by atoms with Gasteiger partial charge in [-0.1, -0.05) is 12.1 Å². The molecule has 3 rings (SSSR count). The minimum absolute atomic E-state index is 0.348. The molecule has 1 aliphatic rings. The maximum Gasteiger partial charge on any atom is 0.145 e. The maximum atomic E-state index is 9.84. The van der Waals surface area contributed by atoms with Crippen molar-refractivity contribution in [3.8, 4) is 11.5 Å². The predicted molar refractivity (Wildman–Crippen MR) is 68.8 cm³/mol. The Morgan fingerprint density at radius 3 is 2.94 bits per heavy atom. The summed E-state index contributed by atoms with van der Waals surface area (Å²) < 4.78 is 5.85. The number of pyridine rings is 1. The van der Waals surface area contributed by atoms with Crippen molar-refractivity contribution >= 4 is 0 Å². The number of aryl methyl sites for hydroxylation is 1. The molecule has 0 saturated heterocycles. The SMILES string of the molecule is Cc1ccc(Oc2cccc3c2CC[C@@H]3O)cn1. The maximum absolute atomic E-state index is 9.84. The Balaban J connectivity index is 1.92. The number of rotatable bonds is 2. The van der Waals surface area contributed by atoms with Gasteiger partial charge in [-0.2, -0.15) is 0 Å². The van der Waals surface area contributed by atoms with Crippen LogP contribution in [0.1, 0.15) is 29.3 Å². The van der Waals surface area contributed by atoms with Crippen molar-refractivity contribution in [1.29, 1.82) is 0 Å². The lowest BCUT2D eigenvalue weighted by Crippen LogP contribution is -1.93. The smallest absolute Gasteiger partial charge is 0.145 e. The molecular formula is C15H15NO2. The highest BCUT2D eigenvalue weighted by molar-refractivity contribution is 5.46. The fourth-order valence-electron chi connectivity index (χ4n) is 2.34. The number of nitrogens with zero attached hydrogens (tertiary/aromatic N) is 1. The summed E-state index contributed by atoms with van der Waals surface area (Å²) >= 11 is 0. The van der Waals surface area contributed by atoms with Gasteiger partial charge in [0.05, 0.1) is 12.3 Å². The third kappa shape index (κ3) is 1.97. The fraction of sp³-hybridized carbons (Fsp3) is 0.267. The summed E-state index contributed by atoms with van der Waals surface area (Å²) in [5.41, 5.74) is 3.08. The van der Waals surface area contributed by atoms with Crippen LogP contribution in [-0.4, -0.2) is 10.1 Å². The first-order chi connectivity index (χ1) is 8.74. The van der Waals surface area contributed by atoms with Crippen LogP contribution in [0.3, 0.4) is 0 Å². The second-order valence-corrected chi connectivity index (χ2v) is 4.62. The first-order valence-corrected chi connectivity index (χ1v) is 6.14. The lowest BCUT2D eigenvalue weighted by Gasteiger charge is -2.10. The Kier molecular flexibility index (Phi) is 2.76. The van der Waals surface area contributed by atoms with Crippen LogP contribution in [0.15, 0.2) is 36.5 Å². The van der Waals surface area contributed by atoms with Gasteiger partial charge in [0.25, 0.3) is 0 Å². The molecule has 2 aromatic rings. The highest BCUT2D eigenvalue weighted by Crippen LogP contribution is 2.38. The van der Waals surface area contributed by atoms with Crippen molar-refractivity contribution in [3.63, 3.8) is 0 Å². The molecule has 1 aromatic carbocycles. The van der Waals surface area contributed by atoms with E-state index in [1.165, 1.54) is 0 Å². The zero-order valence-electron chi connectivity index (χ0n) is 10.3. The third-order valence-electron chi connectivity index (χ3n) is 3.31. The molecule has 0 fully saturated rings. The van der Waals surface area contributed by atoms with E-state index < -0.39 is 0 Å². The molecule has 0 spiro atoms. The summed E-state index contributed by atoms with van der Waals surface area (Å²) in [7, 11) is 0. The average molecular weight is 241 g/mol. The largest absolute Gasteiger partial charge is 0.455 e. The van der Waals surface area contributed by atoms with E-state index in [1.54, 1.807) is 6.20 Å². The van der Waals surface area contributed by atoms with Crippen LogP contribution in [0.4, 0.5) is 0 Å². The van der Waals surface area contributed by atoms with Crippen LogP contribution >= 0.6 is 0 Å². The van der Waals surface area contributed by atoms with E-state index in [-0.39, 0.29) is 6.10 Å². The number of hydrogen-bond acceptors (Lipinski definition) is 3. The van der Waals surface area contributed by atoms with Crippen LogP contribution in [0.25, 0.3) is 0 Å². The summed E-state index contributed by atoms with van der Waals surface area (Å²) in [6, 6.07) is 9.66. The van der Waals surface area contributed by atoms with Gasteiger partial charge in [0.2, 0.25) is 0 Å². The van der Waals surface area contributed by atoms with Crippen molar-refractivity contribution < 1.29 is 9.84 Å². The van der Waals surface area contributed by atoms with Crippen LogP contribution in [0.2, 0.25) is 0 Å². The Bertz CT molecular complexity index is 563. The molecule has 1 N–H and O–H groups in total. The lowest BCUT2D eigenvalue weighted by atomic mass is 10.1. The monoisotopic (exact) mass is 241 g/mol. The van der Waals surface area contributed by atoms with E-state index in [1.807, 2.05) is 37.3 Å². The zero-order chi connectivity index (χ0) is 12.5. The summed E-state index contributed by atoms with van der Waals surface area (Å²) in [5.74, 6) is 1.56. The van der Waals surface area contributed by atoms with E-state index in [9.17, 15) is 5.11 Å². The predicted octanol–water partition coefficient (Wildman–Crippen LogP) is 3.16. The van der Waals surface area contributed by atoms with Gasteiger partial charge in [-0.05, 0) is 43.5 Å². The first-order valence-electron chi connectivity index (χ1n) is 6.14. The van der Waals surface area contributed by atoms with Gasteiger partial charge in [-0.3, -0.25) is 4.98 Å². The van der Waals surface area contributed by atoms with E-state index >= 15 is 0 Å². The normalized spacial score (nSPS) is 17.6. The van der Waals surface area contributed by atoms with Gasteiger partial charge in [-0.15, -0.1) is 0 Å². The molecule has 0 aliphatic heterocycles. The Morgan fingerprint density at radius 2 is 2.17 bits per heavy atom. The van der Waals surface area contributed by atoms with E-state index in [4.69, 9.17) is 4.74 Å². The molecule has 0 amide bonds. The lowest BCUT2D eigenvalue weighted by molar-refractivity contribution is 0.180. The van der Waals surface area contributed by atoms with Crippen molar-refractivity contribution in [2.75, 3.05) is 0 Å². The molecular weight excluding hydrogens is 226 g/mol. The molecule has 1 aromatic heterocycles. The topological polar surface area (TPSA) is 42.4 Å². The van der Waals surface area contributed by atoms with E-state index in [2.05, 4.69) is 4.98 Å². The Hall–Kier alpha value is -1.87. The van der Waals surface area contributed by atoms with Crippen molar-refractivity contribution in [3.05, 3.63) is 53.3 Å². The standard InChI is InChI=1S/C15H15NO2/c1-10-5-6-11(9-16-10)18-15-4-2-3-12-13(15)7-8-14(12)17/h2-6,9,14,17H,7-8H2,1H3/t14-/m0/s1. The molecule has 0 bridgehead atoms. The quantitative estimate of drug-likeness (QED) is 0.878. The molecule has 1 atom stereocenters. The minimum atomic E-state index is -0.348. The van der Waals surface area contributed by atoms with Gasteiger partial charge in [0.15, 0.2) is 0 Å². The highest BCUT2D eigenvalue weighted by Gasteiger charge is 2.23. The van der Waals surface area contributed by atoms with Crippen LogP contribution in [0.5, 0.6) is 11.5 Å². The van der Waals surface area contributed by atoms with Gasteiger partial charge in [0, 0.05) is 11.3 Å². The van der Waals surface area contributed by atoms with Gasteiger partial charge in [0.1, 0.15) is 11.5 Å². The van der Waals surface area contributed by atoms with E-state index in [0.717, 1.165) is 41.2 Å². The molecule has 1 aliphatic carbocycles. The summed E-state index contributed by atoms with van der Waals surface area (Å²) in [5, 5.41) is 9.84. The van der Waals surface area contributed by atoms with Gasteiger partial charge < -0.3 is 9.84 Å². The van der Waals surface area contributed by atoms with Crippen molar-refractivity contribution in [1.82, 2.24) is 4.98 Å². The highest BCUT2D eigenvalue weighted by atomic mass is 16.5. The summed E-state index contributed by atoms with van der Waals surface area (Å²) in [4.78, 5) is 4.21. The number of aliphatic hydroxyl groups excluding tert-OH is 1. The molecule has 0 saturated carbocycles. The second kappa shape index (κ2) is 4.42. The number of benzene rings is 1. The number of aliphatic hydroxyl groups is 1. The third-order valence-corrected chi connectivity index (χ3v) is 3.31. The minimum Gasteiger partial charge on any atom is -0.455 e. The van der Waals surface area contributed by atoms with Crippen LogP contribution in [0, 0.1) is 6.92 Å². The number of ether oxygens (including phenoxy) is 1. The molecule has 0 radical (unpaired) electrons.